The lowest BCUT2D eigenvalue weighted by Crippen LogP contribution is -2.52. The number of hydrogen-bond acceptors (Lipinski definition) is 6. The van der Waals surface area contributed by atoms with Crippen LogP contribution in [0, 0.1) is 5.82 Å². The standard InChI is InChI=1S/C26H33BrFN5O2/c1-17-2-5-23-24(17)25(30-16-29-23)32-10-12-33(13-11-32)26(35)20(15-31-8-6-19(34)7-9-31)18-3-4-21(27)22(28)14-18/h3-4,14,16-17,19-20,34H,2,5-13,15H2,1H3/t17-,20+/m1/s1. The van der Waals surface area contributed by atoms with Crippen molar-refractivity contribution in [2.45, 2.75) is 50.5 Å². The van der Waals surface area contributed by atoms with Crippen molar-refractivity contribution in [1.82, 2.24) is 19.8 Å². The number of benzene rings is 1. The molecule has 35 heavy (non-hydrogen) atoms. The highest BCUT2D eigenvalue weighted by atomic mass is 79.9. The monoisotopic (exact) mass is 545 g/mol. The van der Waals surface area contributed by atoms with E-state index in [1.807, 2.05) is 11.0 Å². The topological polar surface area (TPSA) is 72.8 Å². The average molecular weight is 546 g/mol. The Hall–Kier alpha value is -2.10. The number of aryl methyl sites for hydroxylation is 1. The molecule has 1 aromatic heterocycles. The number of halogens is 2. The number of piperazine rings is 1. The number of nitrogens with zero attached hydrogens (tertiary/aromatic N) is 5. The van der Waals surface area contributed by atoms with Gasteiger partial charge in [0, 0.05) is 57.1 Å². The first kappa shape index (κ1) is 24.6. The molecule has 0 spiro atoms. The van der Waals surface area contributed by atoms with Gasteiger partial charge in [0.15, 0.2) is 0 Å². The number of carbonyl (C=O) groups excluding carboxylic acids is 1. The van der Waals surface area contributed by atoms with Crippen LogP contribution in [0.25, 0.3) is 0 Å². The molecule has 2 fully saturated rings. The van der Waals surface area contributed by atoms with Gasteiger partial charge >= 0.3 is 0 Å². The summed E-state index contributed by atoms with van der Waals surface area (Å²) >= 11 is 3.23. The van der Waals surface area contributed by atoms with Gasteiger partial charge in [-0.1, -0.05) is 13.0 Å². The van der Waals surface area contributed by atoms with Gasteiger partial charge in [-0.25, -0.2) is 14.4 Å². The largest absolute Gasteiger partial charge is 0.393 e. The highest BCUT2D eigenvalue weighted by molar-refractivity contribution is 9.10. The van der Waals surface area contributed by atoms with Crippen LogP contribution in [-0.2, 0) is 11.2 Å². The normalized spacial score (nSPS) is 22.3. The molecule has 2 saturated heterocycles. The van der Waals surface area contributed by atoms with Crippen molar-refractivity contribution in [3.05, 3.63) is 51.6 Å². The van der Waals surface area contributed by atoms with E-state index >= 15 is 0 Å². The molecule has 1 aromatic carbocycles. The lowest BCUT2D eigenvalue weighted by atomic mass is 9.95. The van der Waals surface area contributed by atoms with Crippen LogP contribution in [0.1, 0.15) is 54.8 Å². The third kappa shape index (κ3) is 5.22. The molecule has 0 unspecified atom stereocenters. The van der Waals surface area contributed by atoms with E-state index in [2.05, 4.69) is 42.6 Å². The van der Waals surface area contributed by atoms with Crippen LogP contribution in [0.2, 0.25) is 0 Å². The number of anilines is 1. The summed E-state index contributed by atoms with van der Waals surface area (Å²) in [5.74, 6) is 0.721. The molecule has 1 N–H and O–H groups in total. The minimum Gasteiger partial charge on any atom is -0.393 e. The highest BCUT2D eigenvalue weighted by Crippen LogP contribution is 2.37. The maximum atomic E-state index is 14.4. The van der Waals surface area contributed by atoms with Crippen LogP contribution in [0.4, 0.5) is 10.2 Å². The number of carbonyl (C=O) groups is 1. The van der Waals surface area contributed by atoms with Gasteiger partial charge in [0.25, 0.3) is 0 Å². The number of amides is 1. The smallest absolute Gasteiger partial charge is 0.231 e. The first-order chi connectivity index (χ1) is 16.9. The van der Waals surface area contributed by atoms with Gasteiger partial charge in [-0.2, -0.15) is 0 Å². The predicted molar refractivity (Wildman–Crippen MR) is 136 cm³/mol. The summed E-state index contributed by atoms with van der Waals surface area (Å²) in [4.78, 5) is 29.3. The van der Waals surface area contributed by atoms with Gasteiger partial charge in [-0.3, -0.25) is 4.79 Å². The van der Waals surface area contributed by atoms with Crippen molar-refractivity contribution >= 4 is 27.7 Å². The van der Waals surface area contributed by atoms with E-state index in [0.717, 1.165) is 50.5 Å². The first-order valence-electron chi connectivity index (χ1n) is 12.6. The molecule has 9 heteroatoms. The fourth-order valence-corrected chi connectivity index (χ4v) is 5.90. The number of aromatic nitrogens is 2. The van der Waals surface area contributed by atoms with E-state index in [1.54, 1.807) is 12.4 Å². The zero-order valence-electron chi connectivity index (χ0n) is 20.2. The first-order valence-corrected chi connectivity index (χ1v) is 13.4. The van der Waals surface area contributed by atoms with Gasteiger partial charge < -0.3 is 19.8 Å². The summed E-state index contributed by atoms with van der Waals surface area (Å²) in [6, 6.07) is 5.00. The fourth-order valence-electron chi connectivity index (χ4n) is 5.65. The number of fused-ring (bicyclic) bond motifs is 1. The summed E-state index contributed by atoms with van der Waals surface area (Å²) in [5, 5.41) is 9.88. The Labute approximate surface area is 214 Å². The number of piperidine rings is 1. The van der Waals surface area contributed by atoms with Gasteiger partial charge in [0.2, 0.25) is 5.91 Å². The van der Waals surface area contributed by atoms with Crippen LogP contribution in [0.5, 0.6) is 0 Å². The van der Waals surface area contributed by atoms with Crippen molar-refractivity contribution in [1.29, 1.82) is 0 Å². The average Bonchev–Trinajstić information content (AvgIpc) is 3.26. The molecule has 2 atom stereocenters. The summed E-state index contributed by atoms with van der Waals surface area (Å²) in [6.07, 6.45) is 4.91. The molecular formula is C26H33BrFN5O2. The maximum Gasteiger partial charge on any atom is 0.231 e. The minimum atomic E-state index is -0.442. The Morgan fingerprint density at radius 2 is 1.89 bits per heavy atom. The number of hydrogen-bond donors (Lipinski definition) is 1. The van der Waals surface area contributed by atoms with Crippen molar-refractivity contribution in [3.8, 4) is 0 Å². The number of likely N-dealkylation sites (tertiary alicyclic amines) is 1. The predicted octanol–water partition coefficient (Wildman–Crippen LogP) is 3.32. The second-order valence-corrected chi connectivity index (χ2v) is 10.9. The second-order valence-electron chi connectivity index (χ2n) is 10.1. The molecule has 188 valence electrons. The molecule has 3 aliphatic rings. The minimum absolute atomic E-state index is 0.0405. The van der Waals surface area contributed by atoms with E-state index in [9.17, 15) is 14.3 Å². The Bertz CT molecular complexity index is 1070. The van der Waals surface area contributed by atoms with E-state index in [1.165, 1.54) is 11.6 Å². The zero-order valence-corrected chi connectivity index (χ0v) is 21.8. The highest BCUT2D eigenvalue weighted by Gasteiger charge is 2.33. The van der Waals surface area contributed by atoms with E-state index in [0.29, 0.717) is 48.4 Å². The molecule has 1 aliphatic carbocycles. The molecule has 3 heterocycles. The Morgan fingerprint density at radius 3 is 2.60 bits per heavy atom. The number of aliphatic hydroxyl groups excluding tert-OH is 1. The van der Waals surface area contributed by atoms with Crippen molar-refractivity contribution in [2.75, 3.05) is 50.7 Å². The molecule has 7 nitrogen and oxygen atoms in total. The molecule has 0 bridgehead atoms. The summed E-state index contributed by atoms with van der Waals surface area (Å²) in [7, 11) is 0. The molecule has 5 rings (SSSR count). The third-order valence-corrected chi connectivity index (χ3v) is 8.43. The van der Waals surface area contributed by atoms with E-state index < -0.39 is 5.92 Å². The Morgan fingerprint density at radius 1 is 1.14 bits per heavy atom. The van der Waals surface area contributed by atoms with Crippen molar-refractivity contribution in [3.63, 3.8) is 0 Å². The van der Waals surface area contributed by atoms with Crippen molar-refractivity contribution in [2.24, 2.45) is 0 Å². The van der Waals surface area contributed by atoms with Gasteiger partial charge in [-0.15, -0.1) is 0 Å². The lowest BCUT2D eigenvalue weighted by Gasteiger charge is -2.39. The van der Waals surface area contributed by atoms with Gasteiger partial charge in [0.05, 0.1) is 16.5 Å². The van der Waals surface area contributed by atoms with Crippen molar-refractivity contribution < 1.29 is 14.3 Å². The van der Waals surface area contributed by atoms with Crippen LogP contribution in [0.3, 0.4) is 0 Å². The molecule has 2 aliphatic heterocycles. The van der Waals surface area contributed by atoms with Crippen LogP contribution >= 0.6 is 15.9 Å². The number of rotatable bonds is 5. The number of aliphatic hydroxyl groups is 1. The van der Waals surface area contributed by atoms with Crippen LogP contribution < -0.4 is 4.90 Å². The molecule has 1 amide bonds. The third-order valence-electron chi connectivity index (χ3n) is 7.79. The SMILES string of the molecule is C[C@@H]1CCc2ncnc(N3CCN(C(=O)[C@@H](CN4CCC(O)CC4)c4ccc(Br)c(F)c4)CC3)c21. The lowest BCUT2D eigenvalue weighted by molar-refractivity contribution is -0.133. The summed E-state index contributed by atoms with van der Waals surface area (Å²) in [5.41, 5.74) is 3.12. The van der Waals surface area contributed by atoms with Crippen LogP contribution in [0.15, 0.2) is 29.0 Å². The summed E-state index contributed by atoms with van der Waals surface area (Å²) < 4.78 is 14.8. The second kappa shape index (κ2) is 10.5. The van der Waals surface area contributed by atoms with Gasteiger partial charge in [0.1, 0.15) is 18.0 Å². The van der Waals surface area contributed by atoms with Gasteiger partial charge in [-0.05, 0) is 65.2 Å². The molecular weight excluding hydrogens is 513 g/mol. The Balaban J connectivity index is 1.31. The van der Waals surface area contributed by atoms with Crippen LogP contribution in [-0.4, -0.2) is 82.7 Å². The molecule has 0 saturated carbocycles. The fraction of sp³-hybridized carbons (Fsp3) is 0.577. The van der Waals surface area contributed by atoms with E-state index in [-0.39, 0.29) is 17.8 Å². The van der Waals surface area contributed by atoms with E-state index in [4.69, 9.17) is 0 Å². The Kier molecular flexibility index (Phi) is 7.37. The molecule has 0 radical (unpaired) electrons. The quantitative estimate of drug-likeness (QED) is 0.621. The molecule has 2 aromatic rings. The maximum absolute atomic E-state index is 14.4. The summed E-state index contributed by atoms with van der Waals surface area (Å²) in [6.45, 7) is 6.92. The zero-order chi connectivity index (χ0) is 24.5.